The summed E-state index contributed by atoms with van der Waals surface area (Å²) in [5, 5.41) is 15.3. The van der Waals surface area contributed by atoms with Crippen LogP contribution in [0.3, 0.4) is 0 Å². The van der Waals surface area contributed by atoms with E-state index in [1.165, 1.54) is 25.3 Å². The van der Waals surface area contributed by atoms with E-state index >= 15 is 0 Å². The standard InChI is InChI=1S/C25H22Cl2N4O5S/c1-35-17-5-8-20(21(15-17)31(33)34)29-11-13-30(14-12-29)25(37)28-23(32)10-7-16-6-9-22(36-16)18-3-2-4-19(26)24(18)27/h2-10,15H,11-14H2,1H3,(H,28,32,37)/b10-7+. The fourth-order valence-corrected chi connectivity index (χ4v) is 4.54. The number of nitro groups is 1. The lowest BCUT2D eigenvalue weighted by Crippen LogP contribution is -2.52. The van der Waals surface area contributed by atoms with Crippen LogP contribution in [0.5, 0.6) is 5.75 Å². The van der Waals surface area contributed by atoms with Crippen LogP contribution in [0.15, 0.2) is 59.0 Å². The van der Waals surface area contributed by atoms with Crippen molar-refractivity contribution in [3.05, 3.63) is 80.5 Å². The van der Waals surface area contributed by atoms with Gasteiger partial charge in [0.2, 0.25) is 5.91 Å². The van der Waals surface area contributed by atoms with Crippen molar-refractivity contribution in [2.24, 2.45) is 0 Å². The number of methoxy groups -OCH3 is 1. The van der Waals surface area contributed by atoms with Gasteiger partial charge in [-0.2, -0.15) is 0 Å². The Kier molecular flexibility index (Phi) is 8.32. The number of hydrogen-bond acceptors (Lipinski definition) is 7. The normalized spacial score (nSPS) is 13.6. The highest BCUT2D eigenvalue weighted by molar-refractivity contribution is 7.80. The van der Waals surface area contributed by atoms with E-state index in [1.54, 1.807) is 42.5 Å². The SMILES string of the molecule is COc1ccc(N2CCN(C(=S)NC(=O)/C=C/c3ccc(-c4cccc(Cl)c4Cl)o3)CC2)c([N+](=O)[O-])c1. The summed E-state index contributed by atoms with van der Waals surface area (Å²) in [5.41, 5.74) is 1.14. The van der Waals surface area contributed by atoms with E-state index in [4.69, 9.17) is 44.6 Å². The lowest BCUT2D eigenvalue weighted by molar-refractivity contribution is -0.384. The minimum atomic E-state index is -0.424. The van der Waals surface area contributed by atoms with E-state index in [0.29, 0.717) is 64.7 Å². The molecule has 192 valence electrons. The van der Waals surface area contributed by atoms with Crippen molar-refractivity contribution in [1.82, 2.24) is 10.2 Å². The molecule has 1 aliphatic rings. The Labute approximate surface area is 228 Å². The van der Waals surface area contributed by atoms with E-state index in [0.717, 1.165) is 0 Å². The van der Waals surface area contributed by atoms with Gasteiger partial charge >= 0.3 is 0 Å². The van der Waals surface area contributed by atoms with Crippen LogP contribution in [0.25, 0.3) is 17.4 Å². The molecule has 0 atom stereocenters. The number of thiocarbonyl (C=S) groups is 1. The zero-order valence-corrected chi connectivity index (χ0v) is 22.0. The molecule has 12 heteroatoms. The number of rotatable bonds is 6. The molecule has 2 aromatic carbocycles. The Morgan fingerprint density at radius 2 is 1.92 bits per heavy atom. The van der Waals surface area contributed by atoms with Crippen molar-refractivity contribution in [3.63, 3.8) is 0 Å². The molecule has 4 rings (SSSR count). The highest BCUT2D eigenvalue weighted by Crippen LogP contribution is 2.35. The molecule has 1 amide bonds. The number of piperazine rings is 1. The number of carbonyl (C=O) groups excluding carboxylic acids is 1. The predicted molar refractivity (Wildman–Crippen MR) is 147 cm³/mol. The molecule has 1 N–H and O–H groups in total. The van der Waals surface area contributed by atoms with Gasteiger partial charge < -0.3 is 19.0 Å². The number of halogens is 2. The van der Waals surface area contributed by atoms with Gasteiger partial charge in [-0.3, -0.25) is 20.2 Å². The average Bonchev–Trinajstić information content (AvgIpc) is 3.37. The van der Waals surface area contributed by atoms with Crippen LogP contribution in [0.2, 0.25) is 10.0 Å². The Bertz CT molecular complexity index is 1370. The Balaban J connectivity index is 1.32. The number of nitro benzene ring substituents is 1. The van der Waals surface area contributed by atoms with Crippen LogP contribution >= 0.6 is 35.4 Å². The van der Waals surface area contributed by atoms with Gasteiger partial charge in [-0.25, -0.2) is 0 Å². The molecule has 9 nitrogen and oxygen atoms in total. The first-order chi connectivity index (χ1) is 17.8. The Morgan fingerprint density at radius 3 is 2.62 bits per heavy atom. The number of nitrogens with one attached hydrogen (secondary N) is 1. The van der Waals surface area contributed by atoms with Crippen molar-refractivity contribution in [2.75, 3.05) is 38.2 Å². The van der Waals surface area contributed by atoms with Gasteiger partial charge in [0.25, 0.3) is 5.69 Å². The first-order valence-corrected chi connectivity index (χ1v) is 12.3. The number of furan rings is 1. The van der Waals surface area contributed by atoms with E-state index in [9.17, 15) is 14.9 Å². The topological polar surface area (TPSA) is 101 Å². The maximum Gasteiger partial charge on any atom is 0.296 e. The molecule has 1 saturated heterocycles. The third kappa shape index (κ3) is 6.22. The lowest BCUT2D eigenvalue weighted by atomic mass is 10.2. The molecular weight excluding hydrogens is 539 g/mol. The van der Waals surface area contributed by atoms with E-state index < -0.39 is 10.8 Å². The molecule has 0 aliphatic carbocycles. The molecule has 1 aliphatic heterocycles. The van der Waals surface area contributed by atoms with Gasteiger partial charge in [-0.1, -0.05) is 29.3 Å². The molecule has 0 spiro atoms. The molecular formula is C25H22Cl2N4O5S. The largest absolute Gasteiger partial charge is 0.496 e. The first kappa shape index (κ1) is 26.5. The smallest absolute Gasteiger partial charge is 0.296 e. The summed E-state index contributed by atoms with van der Waals surface area (Å²) in [4.78, 5) is 27.3. The second kappa shape index (κ2) is 11.6. The minimum absolute atomic E-state index is 0.0208. The predicted octanol–water partition coefficient (Wildman–Crippen LogP) is 5.41. The molecule has 1 fully saturated rings. The maximum atomic E-state index is 12.4. The Morgan fingerprint density at radius 1 is 1.16 bits per heavy atom. The van der Waals surface area contributed by atoms with Crippen LogP contribution in [-0.4, -0.2) is 54.1 Å². The van der Waals surface area contributed by atoms with Gasteiger partial charge in [0, 0.05) is 37.8 Å². The highest BCUT2D eigenvalue weighted by Gasteiger charge is 2.25. The fourth-order valence-electron chi connectivity index (χ4n) is 3.86. The number of nitrogens with zero attached hydrogens (tertiary/aromatic N) is 3. The van der Waals surface area contributed by atoms with Crippen molar-refractivity contribution in [3.8, 4) is 17.1 Å². The molecule has 1 aromatic heterocycles. The zero-order valence-electron chi connectivity index (χ0n) is 19.6. The number of amides is 1. The molecule has 3 aromatic rings. The van der Waals surface area contributed by atoms with Crippen molar-refractivity contribution >= 4 is 63.9 Å². The minimum Gasteiger partial charge on any atom is -0.496 e. The van der Waals surface area contributed by atoms with E-state index in [1.807, 2.05) is 9.80 Å². The molecule has 37 heavy (non-hydrogen) atoms. The summed E-state index contributed by atoms with van der Waals surface area (Å²) < 4.78 is 10.9. The van der Waals surface area contributed by atoms with Crippen molar-refractivity contribution in [2.45, 2.75) is 0 Å². The quantitative estimate of drug-likeness (QED) is 0.185. The van der Waals surface area contributed by atoms with Crippen LogP contribution in [-0.2, 0) is 4.79 Å². The van der Waals surface area contributed by atoms with Crippen molar-refractivity contribution < 1.29 is 18.9 Å². The number of hydrogen-bond donors (Lipinski definition) is 1. The second-order valence-electron chi connectivity index (χ2n) is 8.02. The van der Waals surface area contributed by atoms with Crippen LogP contribution < -0.4 is 15.0 Å². The first-order valence-electron chi connectivity index (χ1n) is 11.2. The zero-order chi connectivity index (χ0) is 26.5. The third-order valence-corrected chi connectivity index (χ3v) is 6.94. The van der Waals surface area contributed by atoms with Crippen molar-refractivity contribution in [1.29, 1.82) is 0 Å². The third-order valence-electron chi connectivity index (χ3n) is 5.76. The summed E-state index contributed by atoms with van der Waals surface area (Å²) in [7, 11) is 1.46. The van der Waals surface area contributed by atoms with Gasteiger partial charge in [-0.05, 0) is 54.7 Å². The van der Waals surface area contributed by atoms with E-state index in [-0.39, 0.29) is 10.8 Å². The highest BCUT2D eigenvalue weighted by atomic mass is 35.5. The lowest BCUT2D eigenvalue weighted by Gasteiger charge is -2.36. The van der Waals surface area contributed by atoms with Crippen LogP contribution in [0, 0.1) is 10.1 Å². The fraction of sp³-hybridized carbons (Fsp3) is 0.200. The van der Waals surface area contributed by atoms with Gasteiger partial charge in [-0.15, -0.1) is 0 Å². The number of anilines is 1. The summed E-state index contributed by atoms with van der Waals surface area (Å²) in [5.74, 6) is 1.00. The molecule has 0 unspecified atom stereocenters. The summed E-state index contributed by atoms with van der Waals surface area (Å²) in [6.45, 7) is 1.99. The number of ether oxygens (including phenoxy) is 1. The number of carbonyl (C=O) groups is 1. The van der Waals surface area contributed by atoms with Crippen LogP contribution in [0.1, 0.15) is 5.76 Å². The van der Waals surface area contributed by atoms with Gasteiger partial charge in [0.05, 0.1) is 28.1 Å². The molecule has 0 radical (unpaired) electrons. The van der Waals surface area contributed by atoms with Gasteiger partial charge in [0.1, 0.15) is 23.0 Å². The summed E-state index contributed by atoms with van der Waals surface area (Å²) in [6.07, 6.45) is 2.85. The summed E-state index contributed by atoms with van der Waals surface area (Å²) in [6, 6.07) is 13.5. The van der Waals surface area contributed by atoms with E-state index in [2.05, 4.69) is 5.32 Å². The Hall–Kier alpha value is -3.60. The van der Waals surface area contributed by atoms with Gasteiger partial charge in [0.15, 0.2) is 5.11 Å². The average molecular weight is 561 g/mol. The molecule has 0 bridgehead atoms. The molecule has 0 saturated carbocycles. The maximum absolute atomic E-state index is 12.4. The molecule has 2 heterocycles. The second-order valence-corrected chi connectivity index (χ2v) is 9.19. The number of benzene rings is 2. The monoisotopic (exact) mass is 560 g/mol. The van der Waals surface area contributed by atoms with Crippen LogP contribution in [0.4, 0.5) is 11.4 Å². The summed E-state index contributed by atoms with van der Waals surface area (Å²) >= 11 is 17.7.